The molecule has 38 heavy (non-hydrogen) atoms. The zero-order chi connectivity index (χ0) is 26.5. The van der Waals surface area contributed by atoms with E-state index in [0.717, 1.165) is 27.5 Å². The molecular formula is C31H27N3O3S. The van der Waals surface area contributed by atoms with E-state index < -0.39 is 17.9 Å². The van der Waals surface area contributed by atoms with Crippen molar-refractivity contribution >= 4 is 39.1 Å². The third kappa shape index (κ3) is 5.90. The molecule has 0 aliphatic heterocycles. The second-order valence-corrected chi connectivity index (χ2v) is 10.0. The highest BCUT2D eigenvalue weighted by Gasteiger charge is 2.21. The molecule has 1 amide bonds. The molecule has 1 atom stereocenters. The molecule has 0 saturated carbocycles. The van der Waals surface area contributed by atoms with Crippen LogP contribution in [0, 0.1) is 0 Å². The second-order valence-electron chi connectivity index (χ2n) is 9.18. The number of hydrogen-bond donors (Lipinski definition) is 2. The average Bonchev–Trinajstić information content (AvgIpc) is 3.44. The third-order valence-corrected chi connectivity index (χ3v) is 7.34. The Bertz CT molecular complexity index is 1560. The number of nitrogens with zero attached hydrogens (tertiary/aromatic N) is 2. The minimum absolute atomic E-state index is 0.222. The van der Waals surface area contributed by atoms with E-state index in [1.54, 1.807) is 23.5 Å². The van der Waals surface area contributed by atoms with Crippen LogP contribution in [0.2, 0.25) is 0 Å². The molecule has 5 rings (SSSR count). The van der Waals surface area contributed by atoms with Crippen molar-refractivity contribution in [3.63, 3.8) is 0 Å². The largest absolute Gasteiger partial charge is 0.480 e. The van der Waals surface area contributed by atoms with E-state index >= 15 is 0 Å². The van der Waals surface area contributed by atoms with E-state index in [1.165, 1.54) is 10.8 Å². The van der Waals surface area contributed by atoms with Gasteiger partial charge in [-0.1, -0.05) is 78.9 Å². The summed E-state index contributed by atoms with van der Waals surface area (Å²) in [6, 6.07) is 30.1. The Hall–Kier alpha value is -4.49. The van der Waals surface area contributed by atoms with Crippen LogP contribution in [-0.4, -0.2) is 35.1 Å². The Morgan fingerprint density at radius 1 is 0.895 bits per heavy atom. The number of aromatic nitrogens is 1. The van der Waals surface area contributed by atoms with Gasteiger partial charge in [0.15, 0.2) is 5.13 Å². The first-order chi connectivity index (χ1) is 18.5. The molecule has 0 fully saturated rings. The summed E-state index contributed by atoms with van der Waals surface area (Å²) < 4.78 is 0. The number of amides is 1. The fourth-order valence-electron chi connectivity index (χ4n) is 4.32. The lowest BCUT2D eigenvalue weighted by Gasteiger charge is -2.17. The lowest BCUT2D eigenvalue weighted by molar-refractivity contribution is -0.139. The Balaban J connectivity index is 1.21. The molecule has 0 bridgehead atoms. The standard InChI is InChI=1S/C31H27N3O3S/c1-34(31-33-28(20-38-31)26-16-15-23-9-5-6-10-25(23)18-26)19-22-11-13-24(14-12-22)29(35)32-27(30(36)37)17-21-7-3-2-4-8-21/h2-16,18,20,27H,17,19H2,1H3,(H,32,35)(H,36,37). The van der Waals surface area contributed by atoms with Crippen LogP contribution in [0.15, 0.2) is 102 Å². The van der Waals surface area contributed by atoms with Crippen LogP contribution in [0.4, 0.5) is 5.13 Å². The highest BCUT2D eigenvalue weighted by molar-refractivity contribution is 7.14. The van der Waals surface area contributed by atoms with Crippen LogP contribution in [0.25, 0.3) is 22.0 Å². The van der Waals surface area contributed by atoms with Crippen molar-refractivity contribution < 1.29 is 14.7 Å². The van der Waals surface area contributed by atoms with Gasteiger partial charge in [-0.25, -0.2) is 9.78 Å². The third-order valence-electron chi connectivity index (χ3n) is 6.39. The summed E-state index contributed by atoms with van der Waals surface area (Å²) in [5, 5.41) is 17.6. The lowest BCUT2D eigenvalue weighted by Crippen LogP contribution is -2.42. The van der Waals surface area contributed by atoms with E-state index in [0.29, 0.717) is 12.1 Å². The molecular weight excluding hydrogens is 494 g/mol. The first kappa shape index (κ1) is 25.2. The van der Waals surface area contributed by atoms with E-state index in [2.05, 4.69) is 45.9 Å². The molecule has 0 saturated heterocycles. The maximum atomic E-state index is 12.7. The Morgan fingerprint density at radius 3 is 2.34 bits per heavy atom. The monoisotopic (exact) mass is 521 g/mol. The van der Waals surface area contributed by atoms with Crippen molar-refractivity contribution in [3.8, 4) is 11.3 Å². The molecule has 0 aliphatic rings. The molecule has 190 valence electrons. The van der Waals surface area contributed by atoms with Gasteiger partial charge in [0.2, 0.25) is 0 Å². The summed E-state index contributed by atoms with van der Waals surface area (Å²) in [4.78, 5) is 31.3. The van der Waals surface area contributed by atoms with Gasteiger partial charge in [0.05, 0.1) is 5.69 Å². The van der Waals surface area contributed by atoms with Crippen LogP contribution < -0.4 is 10.2 Å². The molecule has 2 N–H and O–H groups in total. The van der Waals surface area contributed by atoms with Crippen LogP contribution in [0.5, 0.6) is 0 Å². The number of carboxylic acid groups (broad SMARTS) is 1. The molecule has 1 heterocycles. The van der Waals surface area contributed by atoms with E-state index in [9.17, 15) is 14.7 Å². The smallest absolute Gasteiger partial charge is 0.326 e. The average molecular weight is 522 g/mol. The molecule has 7 heteroatoms. The van der Waals surface area contributed by atoms with Crippen molar-refractivity contribution in [3.05, 3.63) is 119 Å². The fraction of sp³-hybridized carbons (Fsp3) is 0.129. The van der Waals surface area contributed by atoms with Gasteiger partial charge < -0.3 is 15.3 Å². The van der Waals surface area contributed by atoms with Crippen molar-refractivity contribution in [2.75, 3.05) is 11.9 Å². The summed E-state index contributed by atoms with van der Waals surface area (Å²) in [7, 11) is 1.99. The van der Waals surface area contributed by atoms with Gasteiger partial charge in [-0.15, -0.1) is 11.3 Å². The first-order valence-corrected chi connectivity index (χ1v) is 13.2. The van der Waals surface area contributed by atoms with Crippen LogP contribution in [0.1, 0.15) is 21.5 Å². The summed E-state index contributed by atoms with van der Waals surface area (Å²) in [5.74, 6) is -1.47. The summed E-state index contributed by atoms with van der Waals surface area (Å²) in [6.45, 7) is 0.623. The Morgan fingerprint density at radius 2 is 1.61 bits per heavy atom. The number of benzene rings is 4. The molecule has 0 aliphatic carbocycles. The number of anilines is 1. The van der Waals surface area contributed by atoms with Gasteiger partial charge in [-0.2, -0.15) is 0 Å². The number of nitrogens with one attached hydrogen (secondary N) is 1. The number of hydrogen-bond acceptors (Lipinski definition) is 5. The normalized spacial score (nSPS) is 11.7. The van der Waals surface area contributed by atoms with E-state index in [-0.39, 0.29) is 6.42 Å². The van der Waals surface area contributed by atoms with Crippen LogP contribution in [-0.2, 0) is 17.8 Å². The summed E-state index contributed by atoms with van der Waals surface area (Å²) >= 11 is 1.59. The van der Waals surface area contributed by atoms with Crippen molar-refractivity contribution in [1.29, 1.82) is 0 Å². The summed E-state index contributed by atoms with van der Waals surface area (Å²) in [6.07, 6.45) is 0.222. The molecule has 6 nitrogen and oxygen atoms in total. The van der Waals surface area contributed by atoms with Gasteiger partial charge in [0.1, 0.15) is 6.04 Å². The maximum absolute atomic E-state index is 12.7. The van der Waals surface area contributed by atoms with Gasteiger partial charge in [0, 0.05) is 36.5 Å². The molecule has 1 unspecified atom stereocenters. The predicted octanol–water partition coefficient (Wildman–Crippen LogP) is 6.03. The molecule has 4 aromatic carbocycles. The highest BCUT2D eigenvalue weighted by atomic mass is 32.1. The van der Waals surface area contributed by atoms with Crippen molar-refractivity contribution in [2.45, 2.75) is 19.0 Å². The number of rotatable bonds is 9. The number of carboxylic acids is 1. The van der Waals surface area contributed by atoms with Crippen LogP contribution >= 0.6 is 11.3 Å². The van der Waals surface area contributed by atoms with Gasteiger partial charge in [-0.05, 0) is 40.1 Å². The second kappa shape index (κ2) is 11.3. The minimum Gasteiger partial charge on any atom is -0.480 e. The van der Waals surface area contributed by atoms with Crippen molar-refractivity contribution in [2.24, 2.45) is 0 Å². The Kier molecular flexibility index (Phi) is 7.47. The first-order valence-electron chi connectivity index (χ1n) is 12.3. The summed E-state index contributed by atoms with van der Waals surface area (Å²) in [5.41, 5.74) is 4.32. The Labute approximate surface area is 225 Å². The topological polar surface area (TPSA) is 82.5 Å². The number of thiazole rings is 1. The van der Waals surface area contributed by atoms with Gasteiger partial charge in [-0.3, -0.25) is 4.79 Å². The quantitative estimate of drug-likeness (QED) is 0.248. The zero-order valence-electron chi connectivity index (χ0n) is 20.9. The lowest BCUT2D eigenvalue weighted by atomic mass is 10.1. The minimum atomic E-state index is -1.06. The van der Waals surface area contributed by atoms with Gasteiger partial charge in [0.25, 0.3) is 5.91 Å². The molecule has 0 spiro atoms. The molecule has 5 aromatic rings. The van der Waals surface area contributed by atoms with E-state index in [1.807, 2.05) is 61.6 Å². The molecule has 1 aromatic heterocycles. The predicted molar refractivity (Wildman–Crippen MR) is 153 cm³/mol. The number of carbonyl (C=O) groups is 2. The van der Waals surface area contributed by atoms with Gasteiger partial charge >= 0.3 is 5.97 Å². The highest BCUT2D eigenvalue weighted by Crippen LogP contribution is 2.29. The number of carbonyl (C=O) groups excluding carboxylic acids is 1. The number of aliphatic carboxylic acids is 1. The fourth-order valence-corrected chi connectivity index (χ4v) is 5.12. The zero-order valence-corrected chi connectivity index (χ0v) is 21.7. The SMILES string of the molecule is CN(Cc1ccc(C(=O)NC(Cc2ccccc2)C(=O)O)cc1)c1nc(-c2ccc3ccccc3c2)cs1. The van der Waals surface area contributed by atoms with E-state index in [4.69, 9.17) is 4.98 Å². The number of fused-ring (bicyclic) bond motifs is 1. The molecule has 0 radical (unpaired) electrons. The van der Waals surface area contributed by atoms with Crippen molar-refractivity contribution in [1.82, 2.24) is 10.3 Å². The van der Waals surface area contributed by atoms with Crippen LogP contribution in [0.3, 0.4) is 0 Å². The maximum Gasteiger partial charge on any atom is 0.326 e.